The van der Waals surface area contributed by atoms with Crippen LogP contribution in [0.15, 0.2) is 12.2 Å². The summed E-state index contributed by atoms with van der Waals surface area (Å²) in [4.78, 5) is 11.9. The molecule has 0 aromatic rings. The molecule has 3 heteroatoms. The fourth-order valence-electron chi connectivity index (χ4n) is 2.92. The highest BCUT2D eigenvalue weighted by Crippen LogP contribution is 2.22. The van der Waals surface area contributed by atoms with E-state index in [1.54, 1.807) is 0 Å². The van der Waals surface area contributed by atoms with E-state index in [4.69, 9.17) is 0 Å². The number of amides is 1. The highest BCUT2D eigenvalue weighted by molar-refractivity contribution is 5.76. The Morgan fingerprint density at radius 2 is 1.88 bits per heavy atom. The van der Waals surface area contributed by atoms with Crippen molar-refractivity contribution in [2.45, 2.75) is 57.0 Å². The first kappa shape index (κ1) is 12.6. The maximum atomic E-state index is 11.9. The van der Waals surface area contributed by atoms with Crippen LogP contribution in [0.4, 0.5) is 0 Å². The zero-order valence-corrected chi connectivity index (χ0v) is 10.7. The van der Waals surface area contributed by atoms with Gasteiger partial charge in [-0.05, 0) is 51.5 Å². The first-order valence-corrected chi connectivity index (χ1v) is 6.91. The van der Waals surface area contributed by atoms with Gasteiger partial charge in [0.1, 0.15) is 0 Å². The average molecular weight is 236 g/mol. The zero-order valence-electron chi connectivity index (χ0n) is 10.7. The zero-order chi connectivity index (χ0) is 12.1. The van der Waals surface area contributed by atoms with Crippen molar-refractivity contribution in [3.05, 3.63) is 12.2 Å². The van der Waals surface area contributed by atoms with Crippen LogP contribution in [-0.4, -0.2) is 25.0 Å². The first-order chi connectivity index (χ1) is 8.28. The molecule has 0 spiro atoms. The first-order valence-electron chi connectivity index (χ1n) is 6.91. The molecule has 1 amide bonds. The topological polar surface area (TPSA) is 41.1 Å². The molecule has 1 atom stereocenters. The highest BCUT2D eigenvalue weighted by atomic mass is 16.1. The smallest absolute Gasteiger partial charge is 0.220 e. The van der Waals surface area contributed by atoms with Crippen molar-refractivity contribution in [1.82, 2.24) is 10.6 Å². The summed E-state index contributed by atoms with van der Waals surface area (Å²) in [7, 11) is 2.02. The molecule has 2 aliphatic carbocycles. The molecule has 2 rings (SSSR count). The lowest BCUT2D eigenvalue weighted by Crippen LogP contribution is -2.41. The van der Waals surface area contributed by atoms with Gasteiger partial charge < -0.3 is 10.6 Å². The van der Waals surface area contributed by atoms with Crippen LogP contribution in [0.25, 0.3) is 0 Å². The fourth-order valence-corrected chi connectivity index (χ4v) is 2.92. The lowest BCUT2D eigenvalue weighted by Gasteiger charge is -2.29. The van der Waals surface area contributed by atoms with Gasteiger partial charge in [0.15, 0.2) is 0 Å². The van der Waals surface area contributed by atoms with Gasteiger partial charge >= 0.3 is 0 Å². The molecule has 0 radical (unpaired) electrons. The SMILES string of the molecule is CNC1CCC(NC(=O)CC2C=CCC2)CC1. The van der Waals surface area contributed by atoms with Crippen molar-refractivity contribution >= 4 is 5.91 Å². The standard InChI is InChI=1S/C14H24N2O/c1-15-12-6-8-13(9-7-12)16-14(17)10-11-4-2-3-5-11/h2,4,11-13,15H,3,5-10H2,1H3,(H,16,17). The van der Waals surface area contributed by atoms with Crippen LogP contribution in [0.5, 0.6) is 0 Å². The number of carbonyl (C=O) groups excluding carboxylic acids is 1. The van der Waals surface area contributed by atoms with E-state index in [1.807, 2.05) is 7.05 Å². The number of allylic oxidation sites excluding steroid dienone is 2. The van der Waals surface area contributed by atoms with Crippen LogP contribution in [-0.2, 0) is 4.79 Å². The minimum Gasteiger partial charge on any atom is -0.353 e. The maximum Gasteiger partial charge on any atom is 0.220 e. The van der Waals surface area contributed by atoms with E-state index in [-0.39, 0.29) is 5.91 Å². The van der Waals surface area contributed by atoms with Crippen molar-refractivity contribution in [2.24, 2.45) is 5.92 Å². The summed E-state index contributed by atoms with van der Waals surface area (Å²) in [5.74, 6) is 0.734. The minimum atomic E-state index is 0.245. The van der Waals surface area contributed by atoms with Crippen molar-refractivity contribution in [2.75, 3.05) is 7.05 Å². The van der Waals surface area contributed by atoms with Crippen LogP contribution in [0.1, 0.15) is 44.9 Å². The fraction of sp³-hybridized carbons (Fsp3) is 0.786. The van der Waals surface area contributed by atoms with E-state index in [0.717, 1.165) is 25.7 Å². The Kier molecular flexibility index (Phi) is 4.60. The third kappa shape index (κ3) is 3.84. The largest absolute Gasteiger partial charge is 0.353 e. The molecule has 0 bridgehead atoms. The molecule has 0 aromatic heterocycles. The Morgan fingerprint density at radius 3 is 2.47 bits per heavy atom. The van der Waals surface area contributed by atoms with Gasteiger partial charge in [0.05, 0.1) is 0 Å². The Balaban J connectivity index is 1.66. The van der Waals surface area contributed by atoms with Gasteiger partial charge in [-0.1, -0.05) is 12.2 Å². The highest BCUT2D eigenvalue weighted by Gasteiger charge is 2.22. The van der Waals surface area contributed by atoms with Crippen LogP contribution >= 0.6 is 0 Å². The maximum absolute atomic E-state index is 11.9. The summed E-state index contributed by atoms with van der Waals surface area (Å²) < 4.78 is 0. The van der Waals surface area contributed by atoms with E-state index < -0.39 is 0 Å². The molecule has 3 nitrogen and oxygen atoms in total. The number of nitrogens with one attached hydrogen (secondary N) is 2. The Morgan fingerprint density at radius 1 is 1.18 bits per heavy atom. The minimum absolute atomic E-state index is 0.245. The van der Waals surface area contributed by atoms with Crippen molar-refractivity contribution in [3.8, 4) is 0 Å². The lowest BCUT2D eigenvalue weighted by atomic mass is 9.91. The van der Waals surface area contributed by atoms with Gasteiger partial charge in [-0.15, -0.1) is 0 Å². The van der Waals surface area contributed by atoms with Gasteiger partial charge in [0.25, 0.3) is 0 Å². The van der Waals surface area contributed by atoms with Crippen molar-refractivity contribution in [3.63, 3.8) is 0 Å². The van der Waals surface area contributed by atoms with Crippen LogP contribution in [0.3, 0.4) is 0 Å². The predicted octanol–water partition coefficient (Wildman–Crippen LogP) is 1.99. The molecule has 0 saturated heterocycles. The molecule has 2 N–H and O–H groups in total. The van der Waals surface area contributed by atoms with Crippen LogP contribution in [0.2, 0.25) is 0 Å². The molecule has 0 aromatic carbocycles. The van der Waals surface area contributed by atoms with Gasteiger partial charge in [-0.2, -0.15) is 0 Å². The monoisotopic (exact) mass is 236 g/mol. The molecule has 0 heterocycles. The average Bonchev–Trinajstić information content (AvgIpc) is 2.82. The summed E-state index contributed by atoms with van der Waals surface area (Å²) in [5, 5.41) is 6.50. The second-order valence-electron chi connectivity index (χ2n) is 5.37. The van der Waals surface area contributed by atoms with E-state index in [0.29, 0.717) is 24.4 Å². The number of rotatable bonds is 4. The van der Waals surface area contributed by atoms with Gasteiger partial charge in [0, 0.05) is 18.5 Å². The van der Waals surface area contributed by atoms with Crippen molar-refractivity contribution in [1.29, 1.82) is 0 Å². The van der Waals surface area contributed by atoms with E-state index >= 15 is 0 Å². The molecular formula is C14H24N2O. The van der Waals surface area contributed by atoms with Gasteiger partial charge in [0.2, 0.25) is 5.91 Å². The molecular weight excluding hydrogens is 212 g/mol. The molecule has 2 aliphatic rings. The molecule has 0 aliphatic heterocycles. The Labute approximate surface area is 104 Å². The van der Waals surface area contributed by atoms with Gasteiger partial charge in [-0.3, -0.25) is 4.79 Å². The summed E-state index contributed by atoms with van der Waals surface area (Å²) in [6.45, 7) is 0. The Hall–Kier alpha value is -0.830. The van der Waals surface area contributed by atoms with E-state index in [2.05, 4.69) is 22.8 Å². The summed E-state index contributed by atoms with van der Waals surface area (Å²) in [5.41, 5.74) is 0. The summed E-state index contributed by atoms with van der Waals surface area (Å²) in [6, 6.07) is 1.07. The van der Waals surface area contributed by atoms with E-state index in [9.17, 15) is 4.79 Å². The molecule has 1 unspecified atom stereocenters. The second kappa shape index (κ2) is 6.20. The van der Waals surface area contributed by atoms with Crippen molar-refractivity contribution < 1.29 is 4.79 Å². The van der Waals surface area contributed by atoms with E-state index in [1.165, 1.54) is 12.8 Å². The predicted molar refractivity (Wildman–Crippen MR) is 69.7 cm³/mol. The number of hydrogen-bond acceptors (Lipinski definition) is 2. The molecule has 1 saturated carbocycles. The Bertz CT molecular complexity index is 280. The van der Waals surface area contributed by atoms with Gasteiger partial charge in [-0.25, -0.2) is 0 Å². The summed E-state index contributed by atoms with van der Waals surface area (Å²) in [6.07, 6.45) is 12.0. The number of carbonyl (C=O) groups is 1. The molecule has 1 fully saturated rings. The molecule has 17 heavy (non-hydrogen) atoms. The molecule has 96 valence electrons. The third-order valence-corrected chi connectivity index (χ3v) is 4.06. The normalized spacial score (nSPS) is 32.6. The number of hydrogen-bond donors (Lipinski definition) is 2. The van der Waals surface area contributed by atoms with Crippen LogP contribution in [0, 0.1) is 5.92 Å². The third-order valence-electron chi connectivity index (χ3n) is 4.06. The quantitative estimate of drug-likeness (QED) is 0.733. The lowest BCUT2D eigenvalue weighted by molar-refractivity contribution is -0.122. The van der Waals surface area contributed by atoms with Crippen LogP contribution < -0.4 is 10.6 Å². The second-order valence-corrected chi connectivity index (χ2v) is 5.37. The summed E-state index contributed by atoms with van der Waals surface area (Å²) >= 11 is 0.